The van der Waals surface area contributed by atoms with E-state index in [1.165, 1.54) is 12.1 Å². The van der Waals surface area contributed by atoms with Gasteiger partial charge in [0.1, 0.15) is 18.2 Å². The van der Waals surface area contributed by atoms with E-state index in [0.717, 1.165) is 16.9 Å². The van der Waals surface area contributed by atoms with Gasteiger partial charge in [0.2, 0.25) is 0 Å². The van der Waals surface area contributed by atoms with Crippen molar-refractivity contribution in [2.24, 2.45) is 5.73 Å². The van der Waals surface area contributed by atoms with Crippen LogP contribution >= 0.6 is 0 Å². The zero-order chi connectivity index (χ0) is 8.72. The zero-order valence-electron chi connectivity index (χ0n) is 6.80. The van der Waals surface area contributed by atoms with Crippen molar-refractivity contribution in [3.8, 4) is 5.75 Å². The number of hydrogen-bond donors (Lipinski definition) is 1. The van der Waals surface area contributed by atoms with Crippen molar-refractivity contribution >= 4 is 0 Å². The Morgan fingerprint density at radius 1 is 1.58 bits per heavy atom. The lowest BCUT2D eigenvalue weighted by atomic mass is 10.1. The second-order valence-corrected chi connectivity index (χ2v) is 3.06. The number of halogens is 1. The van der Waals surface area contributed by atoms with Gasteiger partial charge in [-0.3, -0.25) is 0 Å². The van der Waals surface area contributed by atoms with Crippen molar-refractivity contribution in [2.45, 2.75) is 13.0 Å². The SMILES string of the molecule is Cc1cc(F)cc2c1OCC2N. The molecule has 2 rings (SSSR count). The molecule has 1 aromatic rings. The van der Waals surface area contributed by atoms with E-state index in [1.807, 2.05) is 6.92 Å². The van der Waals surface area contributed by atoms with E-state index in [0.29, 0.717) is 6.61 Å². The maximum Gasteiger partial charge on any atom is 0.127 e. The predicted octanol–water partition coefficient (Wildman–Crippen LogP) is 1.53. The molecule has 1 aliphatic rings. The van der Waals surface area contributed by atoms with E-state index in [4.69, 9.17) is 10.5 Å². The Morgan fingerprint density at radius 2 is 2.33 bits per heavy atom. The highest BCUT2D eigenvalue weighted by molar-refractivity contribution is 5.45. The van der Waals surface area contributed by atoms with Crippen molar-refractivity contribution in [3.05, 3.63) is 29.1 Å². The van der Waals surface area contributed by atoms with E-state index >= 15 is 0 Å². The van der Waals surface area contributed by atoms with E-state index in [-0.39, 0.29) is 11.9 Å². The quantitative estimate of drug-likeness (QED) is 0.636. The van der Waals surface area contributed by atoms with E-state index in [1.54, 1.807) is 0 Å². The smallest absolute Gasteiger partial charge is 0.127 e. The van der Waals surface area contributed by atoms with Crippen molar-refractivity contribution in [3.63, 3.8) is 0 Å². The van der Waals surface area contributed by atoms with Crippen LogP contribution in [0.15, 0.2) is 12.1 Å². The second-order valence-electron chi connectivity index (χ2n) is 3.06. The van der Waals surface area contributed by atoms with Gasteiger partial charge in [0, 0.05) is 5.56 Å². The first-order valence-electron chi connectivity index (χ1n) is 3.87. The summed E-state index contributed by atoms with van der Waals surface area (Å²) < 4.78 is 18.2. The monoisotopic (exact) mass is 167 g/mol. The number of benzene rings is 1. The van der Waals surface area contributed by atoms with Gasteiger partial charge < -0.3 is 10.5 Å². The number of rotatable bonds is 0. The highest BCUT2D eigenvalue weighted by atomic mass is 19.1. The molecule has 0 bridgehead atoms. The largest absolute Gasteiger partial charge is 0.491 e. The van der Waals surface area contributed by atoms with Gasteiger partial charge in [-0.05, 0) is 24.6 Å². The highest BCUT2D eigenvalue weighted by Gasteiger charge is 2.22. The summed E-state index contributed by atoms with van der Waals surface area (Å²) in [5.74, 6) is 0.510. The normalized spacial score (nSPS) is 20.4. The van der Waals surface area contributed by atoms with Crippen molar-refractivity contribution < 1.29 is 9.13 Å². The van der Waals surface area contributed by atoms with Gasteiger partial charge in [0.15, 0.2) is 0 Å². The molecule has 0 amide bonds. The summed E-state index contributed by atoms with van der Waals surface area (Å²) >= 11 is 0. The summed E-state index contributed by atoms with van der Waals surface area (Å²) in [6.07, 6.45) is 0. The maximum atomic E-state index is 12.9. The highest BCUT2D eigenvalue weighted by Crippen LogP contribution is 2.34. The van der Waals surface area contributed by atoms with Crippen LogP contribution < -0.4 is 10.5 Å². The topological polar surface area (TPSA) is 35.2 Å². The molecule has 1 aromatic carbocycles. The molecule has 2 N–H and O–H groups in total. The lowest BCUT2D eigenvalue weighted by Crippen LogP contribution is -2.10. The fraction of sp³-hybridized carbons (Fsp3) is 0.333. The van der Waals surface area contributed by atoms with Crippen LogP contribution in [0, 0.1) is 12.7 Å². The third kappa shape index (κ3) is 0.975. The summed E-state index contributed by atoms with van der Waals surface area (Å²) in [4.78, 5) is 0. The number of aryl methyl sites for hydroxylation is 1. The van der Waals surface area contributed by atoms with Gasteiger partial charge >= 0.3 is 0 Å². The summed E-state index contributed by atoms with van der Waals surface area (Å²) in [6, 6.07) is 2.73. The lowest BCUT2D eigenvalue weighted by molar-refractivity contribution is 0.331. The van der Waals surface area contributed by atoms with Crippen molar-refractivity contribution in [1.29, 1.82) is 0 Å². The first kappa shape index (κ1) is 7.55. The molecule has 1 aliphatic heterocycles. The summed E-state index contributed by atoms with van der Waals surface area (Å²) in [6.45, 7) is 2.28. The van der Waals surface area contributed by atoms with Crippen LogP contribution in [0.2, 0.25) is 0 Å². The van der Waals surface area contributed by atoms with Gasteiger partial charge in [-0.1, -0.05) is 0 Å². The van der Waals surface area contributed by atoms with Crippen LogP contribution in [0.4, 0.5) is 4.39 Å². The van der Waals surface area contributed by atoms with Crippen LogP contribution in [0.1, 0.15) is 17.2 Å². The lowest BCUT2D eigenvalue weighted by Gasteiger charge is -2.03. The molecule has 0 saturated heterocycles. The Bertz CT molecular complexity index is 325. The third-order valence-electron chi connectivity index (χ3n) is 2.07. The van der Waals surface area contributed by atoms with Crippen LogP contribution in [-0.4, -0.2) is 6.61 Å². The molecular weight excluding hydrogens is 157 g/mol. The zero-order valence-corrected chi connectivity index (χ0v) is 6.80. The molecule has 1 heterocycles. The van der Waals surface area contributed by atoms with Crippen LogP contribution in [0.5, 0.6) is 5.75 Å². The minimum absolute atomic E-state index is 0.172. The average molecular weight is 167 g/mol. The minimum Gasteiger partial charge on any atom is -0.491 e. The molecule has 0 saturated carbocycles. The molecule has 12 heavy (non-hydrogen) atoms. The molecule has 0 aromatic heterocycles. The minimum atomic E-state index is -0.243. The first-order valence-corrected chi connectivity index (χ1v) is 3.87. The predicted molar refractivity (Wildman–Crippen MR) is 43.6 cm³/mol. The van der Waals surface area contributed by atoms with Crippen LogP contribution in [0.3, 0.4) is 0 Å². The third-order valence-corrected chi connectivity index (χ3v) is 2.07. The number of hydrogen-bond acceptors (Lipinski definition) is 2. The Hall–Kier alpha value is -1.09. The molecule has 3 heteroatoms. The number of nitrogens with two attached hydrogens (primary N) is 1. The van der Waals surface area contributed by atoms with Crippen molar-refractivity contribution in [1.82, 2.24) is 0 Å². The Kier molecular flexibility index (Phi) is 1.54. The second kappa shape index (κ2) is 2.45. The molecule has 0 spiro atoms. The molecule has 0 fully saturated rings. The molecule has 1 atom stereocenters. The standard InChI is InChI=1S/C9H10FNO/c1-5-2-6(10)3-7-8(11)4-12-9(5)7/h2-3,8H,4,11H2,1H3. The average Bonchev–Trinajstić information content (AvgIpc) is 2.33. The number of ether oxygens (including phenoxy) is 1. The molecule has 64 valence electrons. The van der Waals surface area contributed by atoms with Crippen molar-refractivity contribution in [2.75, 3.05) is 6.61 Å². The fourth-order valence-electron chi connectivity index (χ4n) is 1.49. The number of fused-ring (bicyclic) bond motifs is 1. The molecule has 0 radical (unpaired) electrons. The van der Waals surface area contributed by atoms with Gasteiger partial charge in [0.05, 0.1) is 6.04 Å². The fourth-order valence-corrected chi connectivity index (χ4v) is 1.49. The Balaban J connectivity index is 2.60. The van der Waals surface area contributed by atoms with Gasteiger partial charge in [-0.25, -0.2) is 4.39 Å². The van der Waals surface area contributed by atoms with Crippen LogP contribution in [0.25, 0.3) is 0 Å². The van der Waals surface area contributed by atoms with Gasteiger partial charge in [-0.15, -0.1) is 0 Å². The molecule has 1 unspecified atom stereocenters. The summed E-state index contributed by atoms with van der Waals surface area (Å²) in [5, 5.41) is 0. The van der Waals surface area contributed by atoms with Gasteiger partial charge in [-0.2, -0.15) is 0 Å². The molecule has 0 aliphatic carbocycles. The first-order chi connectivity index (χ1) is 5.68. The van der Waals surface area contributed by atoms with E-state index in [9.17, 15) is 4.39 Å². The summed E-state index contributed by atoms with van der Waals surface area (Å²) in [5.41, 5.74) is 7.29. The molecular formula is C9H10FNO. The summed E-state index contributed by atoms with van der Waals surface area (Å²) in [7, 11) is 0. The van der Waals surface area contributed by atoms with E-state index in [2.05, 4.69) is 0 Å². The maximum absolute atomic E-state index is 12.9. The van der Waals surface area contributed by atoms with Crippen LogP contribution in [-0.2, 0) is 0 Å². The molecule has 2 nitrogen and oxygen atoms in total. The van der Waals surface area contributed by atoms with E-state index < -0.39 is 0 Å². The van der Waals surface area contributed by atoms with Gasteiger partial charge in [0.25, 0.3) is 0 Å². The Morgan fingerprint density at radius 3 is 3.08 bits per heavy atom. The Labute approximate surface area is 70.1 Å².